The highest BCUT2D eigenvalue weighted by Gasteiger charge is 1.93. The molecule has 0 aliphatic heterocycles. The fourth-order valence-corrected chi connectivity index (χ4v) is 0.974. The van der Waals surface area contributed by atoms with Crippen molar-refractivity contribution in [3.8, 4) is 0 Å². The molecular formula is C10H22ClN. The molecule has 1 unspecified atom stereocenters. The van der Waals surface area contributed by atoms with Crippen LogP contribution in [0.4, 0.5) is 0 Å². The Morgan fingerprint density at radius 1 is 1.25 bits per heavy atom. The standard InChI is InChI=1S/C10H21N.ClH/c1-3-5-7-9-10(11)8-6-4-2;/h7,9-10H,3-6,8,11H2,1-2H3;1H/b9-7+;. The smallest absolute Gasteiger partial charge is 0.0223 e. The van der Waals surface area contributed by atoms with Crippen molar-refractivity contribution in [1.82, 2.24) is 0 Å². The van der Waals surface area contributed by atoms with Crippen LogP contribution in [0, 0.1) is 0 Å². The van der Waals surface area contributed by atoms with Crippen molar-refractivity contribution < 1.29 is 0 Å². The Balaban J connectivity index is 0. The van der Waals surface area contributed by atoms with Gasteiger partial charge in [0, 0.05) is 6.04 Å². The number of unbranched alkanes of at least 4 members (excludes halogenated alkanes) is 2. The lowest BCUT2D eigenvalue weighted by molar-refractivity contribution is 0.653. The average Bonchev–Trinajstić information content (AvgIpc) is 2.01. The van der Waals surface area contributed by atoms with Gasteiger partial charge in [0.05, 0.1) is 0 Å². The molecule has 0 saturated heterocycles. The molecule has 0 amide bonds. The third-order valence-corrected chi connectivity index (χ3v) is 1.73. The summed E-state index contributed by atoms with van der Waals surface area (Å²) < 4.78 is 0. The molecule has 0 spiro atoms. The van der Waals surface area contributed by atoms with Crippen LogP contribution < -0.4 is 5.73 Å². The number of hydrogen-bond donors (Lipinski definition) is 1. The van der Waals surface area contributed by atoms with E-state index in [4.69, 9.17) is 5.73 Å². The molecule has 0 saturated carbocycles. The van der Waals surface area contributed by atoms with E-state index in [0.29, 0.717) is 6.04 Å². The van der Waals surface area contributed by atoms with Gasteiger partial charge in [0.25, 0.3) is 0 Å². The molecule has 0 fully saturated rings. The van der Waals surface area contributed by atoms with Crippen LogP contribution in [0.3, 0.4) is 0 Å². The molecule has 0 bridgehead atoms. The first-order chi connectivity index (χ1) is 5.31. The minimum Gasteiger partial charge on any atom is -0.324 e. The van der Waals surface area contributed by atoms with Gasteiger partial charge in [-0.3, -0.25) is 0 Å². The van der Waals surface area contributed by atoms with E-state index < -0.39 is 0 Å². The second kappa shape index (κ2) is 11.0. The topological polar surface area (TPSA) is 26.0 Å². The minimum atomic E-state index is 0. The van der Waals surface area contributed by atoms with Crippen LogP contribution in [0.1, 0.15) is 46.0 Å². The van der Waals surface area contributed by atoms with Gasteiger partial charge >= 0.3 is 0 Å². The second-order valence-corrected chi connectivity index (χ2v) is 3.02. The average molecular weight is 192 g/mol. The predicted molar refractivity (Wildman–Crippen MR) is 58.8 cm³/mol. The van der Waals surface area contributed by atoms with E-state index in [-0.39, 0.29) is 12.4 Å². The Morgan fingerprint density at radius 2 is 1.92 bits per heavy atom. The summed E-state index contributed by atoms with van der Waals surface area (Å²) in [7, 11) is 0. The van der Waals surface area contributed by atoms with Crippen molar-refractivity contribution in [2.75, 3.05) is 0 Å². The van der Waals surface area contributed by atoms with Crippen LogP contribution in [-0.2, 0) is 0 Å². The number of hydrogen-bond acceptors (Lipinski definition) is 1. The molecule has 74 valence electrons. The molecule has 1 nitrogen and oxygen atoms in total. The van der Waals surface area contributed by atoms with Crippen molar-refractivity contribution >= 4 is 12.4 Å². The zero-order valence-electron chi connectivity index (χ0n) is 8.25. The largest absolute Gasteiger partial charge is 0.324 e. The van der Waals surface area contributed by atoms with Gasteiger partial charge in [-0.15, -0.1) is 12.4 Å². The minimum absolute atomic E-state index is 0. The molecule has 0 rings (SSSR count). The van der Waals surface area contributed by atoms with Crippen LogP contribution in [0.15, 0.2) is 12.2 Å². The Morgan fingerprint density at radius 3 is 2.42 bits per heavy atom. The van der Waals surface area contributed by atoms with E-state index in [2.05, 4.69) is 26.0 Å². The summed E-state index contributed by atoms with van der Waals surface area (Å²) >= 11 is 0. The van der Waals surface area contributed by atoms with Crippen molar-refractivity contribution in [2.45, 2.75) is 52.0 Å². The zero-order valence-corrected chi connectivity index (χ0v) is 9.07. The normalized spacial score (nSPS) is 12.9. The first-order valence-corrected chi connectivity index (χ1v) is 4.73. The maximum Gasteiger partial charge on any atom is 0.0223 e. The molecule has 12 heavy (non-hydrogen) atoms. The fraction of sp³-hybridized carbons (Fsp3) is 0.800. The van der Waals surface area contributed by atoms with E-state index in [1.54, 1.807) is 0 Å². The summed E-state index contributed by atoms with van der Waals surface area (Å²) in [5.41, 5.74) is 5.81. The van der Waals surface area contributed by atoms with Gasteiger partial charge in [-0.1, -0.05) is 45.3 Å². The van der Waals surface area contributed by atoms with Gasteiger partial charge < -0.3 is 5.73 Å². The van der Waals surface area contributed by atoms with Gasteiger partial charge in [0.15, 0.2) is 0 Å². The van der Waals surface area contributed by atoms with Crippen LogP contribution in [0.5, 0.6) is 0 Å². The number of halogens is 1. The monoisotopic (exact) mass is 191 g/mol. The molecule has 0 aromatic carbocycles. The molecule has 0 heterocycles. The van der Waals surface area contributed by atoms with Crippen LogP contribution >= 0.6 is 12.4 Å². The van der Waals surface area contributed by atoms with Crippen molar-refractivity contribution in [1.29, 1.82) is 0 Å². The molecule has 0 radical (unpaired) electrons. The quantitative estimate of drug-likeness (QED) is 0.641. The van der Waals surface area contributed by atoms with Gasteiger partial charge in [-0.2, -0.15) is 0 Å². The van der Waals surface area contributed by atoms with Gasteiger partial charge in [-0.25, -0.2) is 0 Å². The van der Waals surface area contributed by atoms with Gasteiger partial charge in [0.2, 0.25) is 0 Å². The van der Waals surface area contributed by atoms with Crippen molar-refractivity contribution in [2.24, 2.45) is 5.73 Å². The Hall–Kier alpha value is -0.0100. The summed E-state index contributed by atoms with van der Waals surface area (Å²) in [6.07, 6.45) is 10.3. The lowest BCUT2D eigenvalue weighted by atomic mass is 10.1. The second-order valence-electron chi connectivity index (χ2n) is 3.02. The number of nitrogens with two attached hydrogens (primary N) is 1. The summed E-state index contributed by atoms with van der Waals surface area (Å²) in [6, 6.07) is 0.293. The third kappa shape index (κ3) is 9.99. The van der Waals surface area contributed by atoms with Crippen molar-refractivity contribution in [3.05, 3.63) is 12.2 Å². The third-order valence-electron chi connectivity index (χ3n) is 1.73. The highest BCUT2D eigenvalue weighted by atomic mass is 35.5. The van der Waals surface area contributed by atoms with E-state index in [1.807, 2.05) is 0 Å². The van der Waals surface area contributed by atoms with Gasteiger partial charge in [0.1, 0.15) is 0 Å². The Bertz CT molecular complexity index is 102. The SMILES string of the molecule is CCC/C=C/C(N)CCCC.Cl. The fourth-order valence-electron chi connectivity index (χ4n) is 0.974. The number of allylic oxidation sites excluding steroid dienone is 1. The highest BCUT2D eigenvalue weighted by Crippen LogP contribution is 2.00. The molecule has 0 aromatic rings. The van der Waals surface area contributed by atoms with Gasteiger partial charge in [-0.05, 0) is 12.8 Å². The highest BCUT2D eigenvalue weighted by molar-refractivity contribution is 5.85. The molecular weight excluding hydrogens is 170 g/mol. The summed E-state index contributed by atoms with van der Waals surface area (Å²) in [5, 5.41) is 0. The summed E-state index contributed by atoms with van der Waals surface area (Å²) in [4.78, 5) is 0. The number of rotatable bonds is 6. The molecule has 2 N–H and O–H groups in total. The van der Waals surface area contributed by atoms with E-state index in [1.165, 1.54) is 25.7 Å². The van der Waals surface area contributed by atoms with E-state index in [0.717, 1.165) is 6.42 Å². The molecule has 0 aromatic heterocycles. The molecule has 0 aliphatic carbocycles. The maximum atomic E-state index is 5.81. The first kappa shape index (κ1) is 14.5. The van der Waals surface area contributed by atoms with Crippen LogP contribution in [-0.4, -0.2) is 6.04 Å². The maximum absolute atomic E-state index is 5.81. The Kier molecular flexibility index (Phi) is 13.3. The lowest BCUT2D eigenvalue weighted by Gasteiger charge is -2.03. The molecule has 0 aliphatic rings. The van der Waals surface area contributed by atoms with Crippen LogP contribution in [0.2, 0.25) is 0 Å². The van der Waals surface area contributed by atoms with Crippen LogP contribution in [0.25, 0.3) is 0 Å². The van der Waals surface area contributed by atoms with E-state index >= 15 is 0 Å². The Labute approximate surface area is 82.8 Å². The summed E-state index contributed by atoms with van der Waals surface area (Å²) in [5.74, 6) is 0. The van der Waals surface area contributed by atoms with E-state index in [9.17, 15) is 0 Å². The first-order valence-electron chi connectivity index (χ1n) is 4.73. The molecule has 1 atom stereocenters. The van der Waals surface area contributed by atoms with Crippen molar-refractivity contribution in [3.63, 3.8) is 0 Å². The molecule has 2 heteroatoms. The lowest BCUT2D eigenvalue weighted by Crippen LogP contribution is -2.15. The summed E-state index contributed by atoms with van der Waals surface area (Å²) in [6.45, 7) is 4.38. The predicted octanol–water partition coefficient (Wildman–Crippen LogP) is 3.28. The zero-order chi connectivity index (χ0) is 8.53.